The van der Waals surface area contributed by atoms with Gasteiger partial charge in [0.25, 0.3) is 5.91 Å². The third kappa shape index (κ3) is 3.75. The zero-order chi connectivity index (χ0) is 18.0. The quantitative estimate of drug-likeness (QED) is 0.911. The summed E-state index contributed by atoms with van der Waals surface area (Å²) in [7, 11) is -3.55. The number of sulfonamides is 1. The monoisotopic (exact) mass is 358 g/mol. The summed E-state index contributed by atoms with van der Waals surface area (Å²) >= 11 is 0. The first-order valence-electron chi connectivity index (χ1n) is 8.37. The van der Waals surface area contributed by atoms with Gasteiger partial charge < -0.3 is 5.32 Å². The molecule has 1 aliphatic rings. The Hall–Kier alpha value is -2.18. The lowest BCUT2D eigenvalue weighted by molar-refractivity contribution is 0.102. The van der Waals surface area contributed by atoms with Gasteiger partial charge in [-0.05, 0) is 62.1 Å². The maximum Gasteiger partial charge on any atom is 0.255 e. The van der Waals surface area contributed by atoms with Gasteiger partial charge in [0, 0.05) is 24.3 Å². The second-order valence-corrected chi connectivity index (χ2v) is 8.32. The fourth-order valence-electron chi connectivity index (χ4n) is 3.01. The van der Waals surface area contributed by atoms with Crippen molar-refractivity contribution in [3.63, 3.8) is 0 Å². The lowest BCUT2D eigenvalue weighted by atomic mass is 10.1. The fourth-order valence-corrected chi connectivity index (χ4v) is 4.78. The van der Waals surface area contributed by atoms with Gasteiger partial charge in [-0.2, -0.15) is 4.31 Å². The SMILES string of the molecule is Cc1cccc(NC(=O)c2ccc(C)c(S(=O)(=O)N3CCCC3)c2)c1. The maximum absolute atomic E-state index is 12.8. The molecule has 1 amide bonds. The van der Waals surface area contributed by atoms with Crippen LogP contribution in [0.4, 0.5) is 5.69 Å². The van der Waals surface area contributed by atoms with Crippen LogP contribution in [-0.4, -0.2) is 31.7 Å². The first-order valence-corrected chi connectivity index (χ1v) is 9.81. The molecule has 0 spiro atoms. The van der Waals surface area contributed by atoms with E-state index >= 15 is 0 Å². The third-order valence-corrected chi connectivity index (χ3v) is 6.45. The average molecular weight is 358 g/mol. The molecule has 1 N–H and O–H groups in total. The lowest BCUT2D eigenvalue weighted by Crippen LogP contribution is -2.28. The van der Waals surface area contributed by atoms with Crippen LogP contribution >= 0.6 is 0 Å². The molecule has 0 aromatic heterocycles. The summed E-state index contributed by atoms with van der Waals surface area (Å²) in [5.74, 6) is -0.316. The highest BCUT2D eigenvalue weighted by molar-refractivity contribution is 7.89. The van der Waals surface area contributed by atoms with Crippen molar-refractivity contribution in [1.29, 1.82) is 0 Å². The molecule has 0 radical (unpaired) electrons. The number of benzene rings is 2. The molecular formula is C19H22N2O3S. The minimum atomic E-state index is -3.55. The minimum absolute atomic E-state index is 0.214. The van der Waals surface area contributed by atoms with E-state index in [-0.39, 0.29) is 10.8 Å². The number of aryl methyl sites for hydroxylation is 2. The molecule has 2 aromatic carbocycles. The lowest BCUT2D eigenvalue weighted by Gasteiger charge is -2.18. The van der Waals surface area contributed by atoms with Gasteiger partial charge in [0.2, 0.25) is 10.0 Å². The van der Waals surface area contributed by atoms with Gasteiger partial charge in [-0.1, -0.05) is 18.2 Å². The van der Waals surface area contributed by atoms with E-state index in [2.05, 4.69) is 5.32 Å². The predicted molar refractivity (Wildman–Crippen MR) is 98.3 cm³/mol. The summed E-state index contributed by atoms with van der Waals surface area (Å²) in [6, 6.07) is 12.3. The van der Waals surface area contributed by atoms with Crippen LogP contribution in [-0.2, 0) is 10.0 Å². The van der Waals surface area contributed by atoms with E-state index in [1.165, 1.54) is 10.4 Å². The van der Waals surface area contributed by atoms with Crippen LogP contribution in [0, 0.1) is 13.8 Å². The Labute approximate surface area is 148 Å². The second-order valence-electron chi connectivity index (χ2n) is 6.42. The molecule has 0 unspecified atom stereocenters. The molecule has 25 heavy (non-hydrogen) atoms. The molecule has 0 aliphatic carbocycles. The van der Waals surface area contributed by atoms with Crippen LogP contribution < -0.4 is 5.32 Å². The van der Waals surface area contributed by atoms with Gasteiger partial charge in [-0.3, -0.25) is 4.79 Å². The van der Waals surface area contributed by atoms with E-state index in [9.17, 15) is 13.2 Å². The van der Waals surface area contributed by atoms with E-state index in [0.29, 0.717) is 29.9 Å². The molecule has 3 rings (SSSR count). The molecule has 6 heteroatoms. The highest BCUT2D eigenvalue weighted by Gasteiger charge is 2.29. The van der Waals surface area contributed by atoms with Crippen LogP contribution in [0.15, 0.2) is 47.4 Å². The molecule has 1 heterocycles. The van der Waals surface area contributed by atoms with E-state index in [0.717, 1.165) is 18.4 Å². The van der Waals surface area contributed by atoms with E-state index < -0.39 is 10.0 Å². The van der Waals surface area contributed by atoms with Crippen molar-refractivity contribution in [1.82, 2.24) is 4.31 Å². The number of rotatable bonds is 4. The standard InChI is InChI=1S/C19H22N2O3S/c1-14-6-5-7-17(12-14)20-19(22)16-9-8-15(2)18(13-16)25(23,24)21-10-3-4-11-21/h5-9,12-13H,3-4,10-11H2,1-2H3,(H,20,22). The van der Waals surface area contributed by atoms with E-state index in [1.54, 1.807) is 25.1 Å². The number of hydrogen-bond donors (Lipinski definition) is 1. The predicted octanol–water partition coefficient (Wildman–Crippen LogP) is 3.34. The Morgan fingerprint density at radius 2 is 1.76 bits per heavy atom. The normalized spacial score (nSPS) is 15.3. The van der Waals surface area contributed by atoms with Gasteiger partial charge in [0.1, 0.15) is 0 Å². The third-order valence-electron chi connectivity index (χ3n) is 4.41. The Kier molecular flexibility index (Phi) is 4.92. The first kappa shape index (κ1) is 17.6. The van der Waals surface area contributed by atoms with Crippen molar-refractivity contribution in [2.24, 2.45) is 0 Å². The molecule has 1 fully saturated rings. The van der Waals surface area contributed by atoms with Crippen LogP contribution in [0.25, 0.3) is 0 Å². The molecule has 132 valence electrons. The number of nitrogens with one attached hydrogen (secondary N) is 1. The summed E-state index contributed by atoms with van der Waals surface area (Å²) in [6.07, 6.45) is 1.76. The van der Waals surface area contributed by atoms with Gasteiger partial charge >= 0.3 is 0 Å². The van der Waals surface area contributed by atoms with Gasteiger partial charge in [-0.25, -0.2) is 8.42 Å². The van der Waals surface area contributed by atoms with Crippen molar-refractivity contribution >= 4 is 21.6 Å². The summed E-state index contributed by atoms with van der Waals surface area (Å²) < 4.78 is 27.2. The smallest absolute Gasteiger partial charge is 0.255 e. The summed E-state index contributed by atoms with van der Waals surface area (Å²) in [4.78, 5) is 12.7. The van der Waals surface area contributed by atoms with Gasteiger partial charge in [-0.15, -0.1) is 0 Å². The molecule has 0 atom stereocenters. The van der Waals surface area contributed by atoms with Gasteiger partial charge in [0.15, 0.2) is 0 Å². The van der Waals surface area contributed by atoms with E-state index in [1.807, 2.05) is 25.1 Å². The molecule has 1 saturated heterocycles. The molecule has 0 bridgehead atoms. The Balaban J connectivity index is 1.89. The second kappa shape index (κ2) is 6.98. The molecule has 0 saturated carbocycles. The minimum Gasteiger partial charge on any atom is -0.322 e. The van der Waals surface area contributed by atoms with Crippen LogP contribution in [0.3, 0.4) is 0 Å². The van der Waals surface area contributed by atoms with Crippen LogP contribution in [0.2, 0.25) is 0 Å². The molecule has 1 aliphatic heterocycles. The zero-order valence-electron chi connectivity index (χ0n) is 14.5. The van der Waals surface area contributed by atoms with Crippen molar-refractivity contribution in [3.05, 3.63) is 59.2 Å². The summed E-state index contributed by atoms with van der Waals surface area (Å²) in [6.45, 7) is 4.79. The number of anilines is 1. The maximum atomic E-state index is 12.8. The Bertz CT molecular complexity index is 901. The molecule has 2 aromatic rings. The van der Waals surface area contributed by atoms with Crippen molar-refractivity contribution < 1.29 is 13.2 Å². The van der Waals surface area contributed by atoms with Crippen LogP contribution in [0.5, 0.6) is 0 Å². The largest absolute Gasteiger partial charge is 0.322 e. The fraction of sp³-hybridized carbons (Fsp3) is 0.316. The average Bonchev–Trinajstić information content (AvgIpc) is 3.10. The Morgan fingerprint density at radius 1 is 1.04 bits per heavy atom. The first-order chi connectivity index (χ1) is 11.9. The molecule has 5 nitrogen and oxygen atoms in total. The van der Waals surface area contributed by atoms with E-state index in [4.69, 9.17) is 0 Å². The highest BCUT2D eigenvalue weighted by Crippen LogP contribution is 2.25. The van der Waals surface area contributed by atoms with Crippen LogP contribution in [0.1, 0.15) is 34.3 Å². The highest BCUT2D eigenvalue weighted by atomic mass is 32.2. The van der Waals surface area contributed by atoms with Crippen molar-refractivity contribution in [2.75, 3.05) is 18.4 Å². The number of nitrogens with zero attached hydrogens (tertiary/aromatic N) is 1. The Morgan fingerprint density at radius 3 is 2.44 bits per heavy atom. The number of hydrogen-bond acceptors (Lipinski definition) is 3. The topological polar surface area (TPSA) is 66.5 Å². The van der Waals surface area contributed by atoms with Crippen molar-refractivity contribution in [2.45, 2.75) is 31.6 Å². The van der Waals surface area contributed by atoms with Crippen molar-refractivity contribution in [3.8, 4) is 0 Å². The number of carbonyl (C=O) groups excluding carboxylic acids is 1. The molecular weight excluding hydrogens is 336 g/mol. The zero-order valence-corrected chi connectivity index (χ0v) is 15.3. The van der Waals surface area contributed by atoms with Gasteiger partial charge in [0.05, 0.1) is 4.90 Å². The number of amides is 1. The summed E-state index contributed by atoms with van der Waals surface area (Å²) in [5.41, 5.74) is 2.72. The number of carbonyl (C=O) groups is 1. The summed E-state index contributed by atoms with van der Waals surface area (Å²) in [5, 5.41) is 2.82.